The standard InChI is InChI=1S/C18H28N2OS/c1-14-4-3-8-20(12-14)18(21)16-5-9-19(10-6-16)13-17-15(2)7-11-22-17/h7,11,14,16H,3-6,8-10,12-13H2,1-2H3. The van der Waals surface area contributed by atoms with Gasteiger partial charge in [0.15, 0.2) is 0 Å². The molecule has 2 saturated heterocycles. The predicted molar refractivity (Wildman–Crippen MR) is 92.0 cm³/mol. The molecule has 0 aromatic carbocycles. The van der Waals surface area contributed by atoms with Gasteiger partial charge in [-0.2, -0.15) is 0 Å². The molecule has 2 aliphatic rings. The van der Waals surface area contributed by atoms with Crippen LogP contribution in [0.1, 0.15) is 43.0 Å². The molecule has 122 valence electrons. The fraction of sp³-hybridized carbons (Fsp3) is 0.722. The van der Waals surface area contributed by atoms with E-state index in [1.54, 1.807) is 0 Å². The predicted octanol–water partition coefficient (Wildman–Crippen LogP) is 3.53. The Hall–Kier alpha value is -0.870. The molecule has 2 fully saturated rings. The third kappa shape index (κ3) is 3.72. The largest absolute Gasteiger partial charge is 0.342 e. The highest BCUT2D eigenvalue weighted by Gasteiger charge is 2.30. The summed E-state index contributed by atoms with van der Waals surface area (Å²) in [5.74, 6) is 1.38. The van der Waals surface area contributed by atoms with Crippen molar-refractivity contribution in [3.63, 3.8) is 0 Å². The zero-order valence-corrected chi connectivity index (χ0v) is 14.7. The number of carbonyl (C=O) groups is 1. The Balaban J connectivity index is 1.49. The first-order valence-electron chi connectivity index (χ1n) is 8.67. The first-order chi connectivity index (χ1) is 10.6. The fourth-order valence-corrected chi connectivity index (χ4v) is 4.70. The summed E-state index contributed by atoms with van der Waals surface area (Å²) in [5.41, 5.74) is 1.41. The average Bonchev–Trinajstić information content (AvgIpc) is 2.92. The number of amides is 1. The number of nitrogens with zero attached hydrogens (tertiary/aromatic N) is 2. The van der Waals surface area contributed by atoms with E-state index in [0.717, 1.165) is 45.6 Å². The molecule has 0 N–H and O–H groups in total. The van der Waals surface area contributed by atoms with Gasteiger partial charge in [0.25, 0.3) is 0 Å². The Bertz CT molecular complexity index is 505. The minimum absolute atomic E-state index is 0.269. The number of likely N-dealkylation sites (tertiary alicyclic amines) is 2. The van der Waals surface area contributed by atoms with Gasteiger partial charge in [0, 0.05) is 30.4 Å². The maximum Gasteiger partial charge on any atom is 0.225 e. The van der Waals surface area contributed by atoms with Crippen LogP contribution < -0.4 is 0 Å². The van der Waals surface area contributed by atoms with E-state index < -0.39 is 0 Å². The summed E-state index contributed by atoms with van der Waals surface area (Å²) in [5, 5.41) is 2.18. The van der Waals surface area contributed by atoms with Crippen LogP contribution in [0.5, 0.6) is 0 Å². The molecule has 3 nitrogen and oxygen atoms in total. The molecule has 1 unspecified atom stereocenters. The van der Waals surface area contributed by atoms with Crippen LogP contribution in [0.25, 0.3) is 0 Å². The molecule has 0 saturated carbocycles. The van der Waals surface area contributed by atoms with Gasteiger partial charge < -0.3 is 4.90 Å². The third-order valence-electron chi connectivity index (χ3n) is 5.24. The minimum atomic E-state index is 0.269. The van der Waals surface area contributed by atoms with Crippen LogP contribution >= 0.6 is 11.3 Å². The number of rotatable bonds is 3. The van der Waals surface area contributed by atoms with E-state index in [1.165, 1.54) is 23.3 Å². The van der Waals surface area contributed by atoms with Crippen LogP contribution in [0.2, 0.25) is 0 Å². The highest BCUT2D eigenvalue weighted by atomic mass is 32.1. The number of hydrogen-bond donors (Lipinski definition) is 0. The van der Waals surface area contributed by atoms with Gasteiger partial charge >= 0.3 is 0 Å². The highest BCUT2D eigenvalue weighted by Crippen LogP contribution is 2.25. The molecule has 3 heterocycles. The molecule has 0 bridgehead atoms. The van der Waals surface area contributed by atoms with Crippen molar-refractivity contribution in [2.45, 2.75) is 46.1 Å². The van der Waals surface area contributed by atoms with E-state index in [9.17, 15) is 4.79 Å². The molecule has 1 amide bonds. The van der Waals surface area contributed by atoms with E-state index >= 15 is 0 Å². The Kier molecular flexibility index (Phi) is 5.19. The molecule has 2 aliphatic heterocycles. The van der Waals surface area contributed by atoms with E-state index in [1.807, 2.05) is 11.3 Å². The molecule has 0 spiro atoms. The summed E-state index contributed by atoms with van der Waals surface area (Å²) in [7, 11) is 0. The fourth-order valence-electron chi connectivity index (χ4n) is 3.75. The maximum absolute atomic E-state index is 12.7. The minimum Gasteiger partial charge on any atom is -0.342 e. The topological polar surface area (TPSA) is 23.6 Å². The first-order valence-corrected chi connectivity index (χ1v) is 9.55. The average molecular weight is 321 g/mol. The second-order valence-corrected chi connectivity index (χ2v) is 8.11. The molecule has 4 heteroatoms. The molecular weight excluding hydrogens is 292 g/mol. The highest BCUT2D eigenvalue weighted by molar-refractivity contribution is 7.10. The van der Waals surface area contributed by atoms with Gasteiger partial charge in [-0.25, -0.2) is 0 Å². The van der Waals surface area contributed by atoms with Gasteiger partial charge in [0.1, 0.15) is 0 Å². The molecular formula is C18H28N2OS. The molecule has 1 atom stereocenters. The van der Waals surface area contributed by atoms with Crippen LogP contribution in [-0.4, -0.2) is 41.9 Å². The van der Waals surface area contributed by atoms with Crippen molar-refractivity contribution in [1.29, 1.82) is 0 Å². The molecule has 0 radical (unpaired) electrons. The van der Waals surface area contributed by atoms with Crippen molar-refractivity contribution in [2.24, 2.45) is 11.8 Å². The lowest BCUT2D eigenvalue weighted by atomic mass is 9.92. The quantitative estimate of drug-likeness (QED) is 0.850. The van der Waals surface area contributed by atoms with Crippen molar-refractivity contribution in [1.82, 2.24) is 9.80 Å². The Labute approximate surface area is 138 Å². The third-order valence-corrected chi connectivity index (χ3v) is 6.25. The van der Waals surface area contributed by atoms with Gasteiger partial charge in [-0.1, -0.05) is 6.92 Å². The lowest BCUT2D eigenvalue weighted by Gasteiger charge is -2.37. The monoisotopic (exact) mass is 320 g/mol. The van der Waals surface area contributed by atoms with Crippen LogP contribution in [0.3, 0.4) is 0 Å². The van der Waals surface area contributed by atoms with Crippen LogP contribution in [-0.2, 0) is 11.3 Å². The maximum atomic E-state index is 12.7. The van der Waals surface area contributed by atoms with E-state index in [4.69, 9.17) is 0 Å². The lowest BCUT2D eigenvalue weighted by Crippen LogP contribution is -2.45. The van der Waals surface area contributed by atoms with Crippen molar-refractivity contribution >= 4 is 17.2 Å². The van der Waals surface area contributed by atoms with Crippen molar-refractivity contribution < 1.29 is 4.79 Å². The van der Waals surface area contributed by atoms with Gasteiger partial charge in [-0.15, -0.1) is 11.3 Å². The first kappa shape index (κ1) is 16.0. The Morgan fingerprint density at radius 2 is 2.05 bits per heavy atom. The molecule has 0 aliphatic carbocycles. The molecule has 22 heavy (non-hydrogen) atoms. The normalized spacial score (nSPS) is 24.6. The van der Waals surface area contributed by atoms with E-state index in [2.05, 4.69) is 35.1 Å². The van der Waals surface area contributed by atoms with E-state index in [-0.39, 0.29) is 5.92 Å². The smallest absolute Gasteiger partial charge is 0.225 e. The van der Waals surface area contributed by atoms with Gasteiger partial charge in [-0.05, 0) is 68.6 Å². The van der Waals surface area contributed by atoms with Crippen molar-refractivity contribution in [3.8, 4) is 0 Å². The molecule has 1 aromatic rings. The van der Waals surface area contributed by atoms with Gasteiger partial charge in [0.2, 0.25) is 5.91 Å². The summed E-state index contributed by atoms with van der Waals surface area (Å²) >= 11 is 1.86. The summed E-state index contributed by atoms with van der Waals surface area (Å²) in [6, 6.07) is 2.20. The van der Waals surface area contributed by atoms with Gasteiger partial charge in [-0.3, -0.25) is 9.69 Å². The Morgan fingerprint density at radius 1 is 1.27 bits per heavy atom. The number of carbonyl (C=O) groups excluding carboxylic acids is 1. The summed E-state index contributed by atoms with van der Waals surface area (Å²) in [6.07, 6.45) is 4.54. The zero-order chi connectivity index (χ0) is 15.5. The number of hydrogen-bond acceptors (Lipinski definition) is 3. The van der Waals surface area contributed by atoms with E-state index in [0.29, 0.717) is 11.8 Å². The van der Waals surface area contributed by atoms with Crippen molar-refractivity contribution in [3.05, 3.63) is 21.9 Å². The SMILES string of the molecule is Cc1ccsc1CN1CCC(C(=O)N2CCCC(C)C2)CC1. The van der Waals surface area contributed by atoms with Crippen LogP contribution in [0.15, 0.2) is 11.4 Å². The summed E-state index contributed by atoms with van der Waals surface area (Å²) in [4.78, 5) is 18.8. The Morgan fingerprint density at radius 3 is 2.68 bits per heavy atom. The van der Waals surface area contributed by atoms with Crippen LogP contribution in [0.4, 0.5) is 0 Å². The summed E-state index contributed by atoms with van der Waals surface area (Å²) in [6.45, 7) is 9.62. The second-order valence-electron chi connectivity index (χ2n) is 7.11. The lowest BCUT2D eigenvalue weighted by molar-refractivity contribution is -0.138. The number of aryl methyl sites for hydroxylation is 1. The van der Waals surface area contributed by atoms with Crippen LogP contribution in [0, 0.1) is 18.8 Å². The van der Waals surface area contributed by atoms with Gasteiger partial charge in [0.05, 0.1) is 0 Å². The van der Waals surface area contributed by atoms with Crippen molar-refractivity contribution in [2.75, 3.05) is 26.2 Å². The summed E-state index contributed by atoms with van der Waals surface area (Å²) < 4.78 is 0. The second kappa shape index (κ2) is 7.14. The number of thiophene rings is 1. The number of piperidine rings is 2. The molecule has 1 aromatic heterocycles. The molecule has 3 rings (SSSR count). The zero-order valence-electron chi connectivity index (χ0n) is 13.9.